The second-order valence-electron chi connectivity index (χ2n) is 5.78. The summed E-state index contributed by atoms with van der Waals surface area (Å²) in [7, 11) is 0. The molecule has 3 heteroatoms. The summed E-state index contributed by atoms with van der Waals surface area (Å²) in [6.45, 7) is 2.17. The molecule has 2 atom stereocenters. The Morgan fingerprint density at radius 3 is 3.00 bits per heavy atom. The van der Waals surface area contributed by atoms with Gasteiger partial charge in [-0.15, -0.1) is 0 Å². The Morgan fingerprint density at radius 1 is 1.53 bits per heavy atom. The second kappa shape index (κ2) is 6.18. The standard InChI is InChI=1S/C16H23NO2/c1-2-13-6-5-9-16(12-13,15(18)19)10-8-14-7-3-4-11-17-14/h3-4,7,11,13H,2,5-6,8-10,12H2,1H3,(H,18,19). The molecule has 1 aromatic heterocycles. The van der Waals surface area contributed by atoms with Crippen molar-refractivity contribution in [2.24, 2.45) is 11.3 Å². The molecule has 0 aromatic carbocycles. The molecule has 1 aliphatic rings. The molecule has 2 unspecified atom stereocenters. The zero-order chi connectivity index (χ0) is 13.7. The first kappa shape index (κ1) is 14.0. The molecule has 0 saturated heterocycles. The normalized spacial score (nSPS) is 27.1. The minimum Gasteiger partial charge on any atom is -0.481 e. The average Bonchev–Trinajstić information content (AvgIpc) is 2.46. The van der Waals surface area contributed by atoms with Crippen LogP contribution < -0.4 is 0 Å². The first-order valence-electron chi connectivity index (χ1n) is 7.29. The van der Waals surface area contributed by atoms with Gasteiger partial charge in [0, 0.05) is 11.9 Å². The smallest absolute Gasteiger partial charge is 0.309 e. The largest absolute Gasteiger partial charge is 0.481 e. The van der Waals surface area contributed by atoms with E-state index in [-0.39, 0.29) is 0 Å². The van der Waals surface area contributed by atoms with E-state index in [2.05, 4.69) is 11.9 Å². The van der Waals surface area contributed by atoms with E-state index in [0.717, 1.165) is 44.2 Å². The van der Waals surface area contributed by atoms with Gasteiger partial charge in [-0.3, -0.25) is 9.78 Å². The molecule has 0 aliphatic heterocycles. The lowest BCUT2D eigenvalue weighted by Gasteiger charge is -2.37. The van der Waals surface area contributed by atoms with Crippen molar-refractivity contribution in [1.82, 2.24) is 4.98 Å². The van der Waals surface area contributed by atoms with Gasteiger partial charge in [-0.2, -0.15) is 0 Å². The van der Waals surface area contributed by atoms with E-state index in [1.54, 1.807) is 6.20 Å². The zero-order valence-corrected chi connectivity index (χ0v) is 11.6. The average molecular weight is 261 g/mol. The second-order valence-corrected chi connectivity index (χ2v) is 5.78. The van der Waals surface area contributed by atoms with Gasteiger partial charge >= 0.3 is 5.97 Å². The van der Waals surface area contributed by atoms with Crippen LogP contribution in [0.15, 0.2) is 24.4 Å². The molecule has 1 aliphatic carbocycles. The fourth-order valence-corrected chi connectivity index (χ4v) is 3.28. The van der Waals surface area contributed by atoms with Gasteiger partial charge in [0.1, 0.15) is 0 Å². The van der Waals surface area contributed by atoms with Crippen molar-refractivity contribution in [3.05, 3.63) is 30.1 Å². The molecular formula is C16H23NO2. The molecule has 1 saturated carbocycles. The van der Waals surface area contributed by atoms with Gasteiger partial charge in [0.2, 0.25) is 0 Å². The number of hydrogen-bond donors (Lipinski definition) is 1. The van der Waals surface area contributed by atoms with Crippen molar-refractivity contribution < 1.29 is 9.90 Å². The minimum atomic E-state index is -0.610. The molecule has 104 valence electrons. The van der Waals surface area contributed by atoms with Crippen molar-refractivity contribution in [2.45, 2.75) is 51.9 Å². The maximum atomic E-state index is 11.7. The third-order valence-electron chi connectivity index (χ3n) is 4.56. The first-order chi connectivity index (χ1) is 9.16. The van der Waals surface area contributed by atoms with Gasteiger partial charge in [0.15, 0.2) is 0 Å². The first-order valence-corrected chi connectivity index (χ1v) is 7.29. The number of nitrogens with zero attached hydrogens (tertiary/aromatic N) is 1. The highest BCUT2D eigenvalue weighted by Crippen LogP contribution is 2.44. The van der Waals surface area contributed by atoms with E-state index in [1.807, 2.05) is 18.2 Å². The number of rotatable bonds is 5. The highest BCUT2D eigenvalue weighted by atomic mass is 16.4. The van der Waals surface area contributed by atoms with Crippen molar-refractivity contribution in [2.75, 3.05) is 0 Å². The lowest BCUT2D eigenvalue weighted by Crippen LogP contribution is -2.37. The van der Waals surface area contributed by atoms with Gasteiger partial charge in [0.25, 0.3) is 0 Å². The summed E-state index contributed by atoms with van der Waals surface area (Å²) in [6.07, 6.45) is 8.26. The summed E-state index contributed by atoms with van der Waals surface area (Å²) in [5, 5.41) is 9.66. The molecule has 1 fully saturated rings. The Morgan fingerprint density at radius 2 is 2.37 bits per heavy atom. The van der Waals surface area contributed by atoms with Crippen LogP contribution in [0.1, 0.15) is 51.1 Å². The van der Waals surface area contributed by atoms with Crippen LogP contribution in [0.2, 0.25) is 0 Å². The van der Waals surface area contributed by atoms with Crippen molar-refractivity contribution >= 4 is 5.97 Å². The van der Waals surface area contributed by atoms with Gasteiger partial charge in [0.05, 0.1) is 5.41 Å². The summed E-state index contributed by atoms with van der Waals surface area (Å²) >= 11 is 0. The van der Waals surface area contributed by atoms with Crippen LogP contribution in [0.3, 0.4) is 0 Å². The lowest BCUT2D eigenvalue weighted by molar-refractivity contribution is -0.152. The summed E-state index contributed by atoms with van der Waals surface area (Å²) in [5.74, 6) is -0.0323. The van der Waals surface area contributed by atoms with Crippen LogP contribution in [-0.4, -0.2) is 16.1 Å². The van der Waals surface area contributed by atoms with Crippen LogP contribution in [0.5, 0.6) is 0 Å². The minimum absolute atomic E-state index is 0.517. The van der Waals surface area contributed by atoms with E-state index < -0.39 is 11.4 Å². The molecule has 1 N–H and O–H groups in total. The Hall–Kier alpha value is -1.38. The topological polar surface area (TPSA) is 50.2 Å². The Kier molecular flexibility index (Phi) is 4.56. The number of carboxylic acid groups (broad SMARTS) is 1. The molecule has 3 nitrogen and oxygen atoms in total. The Balaban J connectivity index is 2.05. The lowest BCUT2D eigenvalue weighted by atomic mass is 9.66. The van der Waals surface area contributed by atoms with Crippen molar-refractivity contribution in [1.29, 1.82) is 0 Å². The van der Waals surface area contributed by atoms with Crippen LogP contribution in [0.25, 0.3) is 0 Å². The molecule has 0 radical (unpaired) electrons. The fourth-order valence-electron chi connectivity index (χ4n) is 3.28. The Bertz CT molecular complexity index is 418. The predicted molar refractivity (Wildman–Crippen MR) is 74.9 cm³/mol. The van der Waals surface area contributed by atoms with E-state index in [0.29, 0.717) is 5.92 Å². The van der Waals surface area contributed by atoms with Crippen LogP contribution in [0.4, 0.5) is 0 Å². The number of hydrogen-bond acceptors (Lipinski definition) is 2. The van der Waals surface area contributed by atoms with Gasteiger partial charge < -0.3 is 5.11 Å². The Labute approximate surface area is 115 Å². The van der Waals surface area contributed by atoms with Crippen LogP contribution in [-0.2, 0) is 11.2 Å². The molecule has 0 bridgehead atoms. The van der Waals surface area contributed by atoms with E-state index in [1.165, 1.54) is 6.42 Å². The third-order valence-corrected chi connectivity index (χ3v) is 4.56. The summed E-state index contributed by atoms with van der Waals surface area (Å²) in [4.78, 5) is 16.0. The van der Waals surface area contributed by atoms with Gasteiger partial charge in [-0.05, 0) is 43.7 Å². The summed E-state index contributed by atoms with van der Waals surface area (Å²) in [5.41, 5.74) is 0.484. The number of aliphatic carboxylic acids is 1. The zero-order valence-electron chi connectivity index (χ0n) is 11.6. The summed E-state index contributed by atoms with van der Waals surface area (Å²) < 4.78 is 0. The van der Waals surface area contributed by atoms with Crippen molar-refractivity contribution in [3.63, 3.8) is 0 Å². The number of aromatic nitrogens is 1. The molecule has 0 amide bonds. The molecule has 1 aromatic rings. The molecular weight excluding hydrogens is 238 g/mol. The highest BCUT2D eigenvalue weighted by Gasteiger charge is 2.41. The van der Waals surface area contributed by atoms with E-state index >= 15 is 0 Å². The van der Waals surface area contributed by atoms with Crippen LogP contribution >= 0.6 is 0 Å². The number of carboxylic acids is 1. The highest BCUT2D eigenvalue weighted by molar-refractivity contribution is 5.74. The SMILES string of the molecule is CCC1CCCC(CCc2ccccn2)(C(=O)O)C1. The molecule has 19 heavy (non-hydrogen) atoms. The maximum Gasteiger partial charge on any atom is 0.309 e. The van der Waals surface area contributed by atoms with E-state index in [9.17, 15) is 9.90 Å². The number of pyridine rings is 1. The predicted octanol–water partition coefficient (Wildman–Crippen LogP) is 3.69. The maximum absolute atomic E-state index is 11.7. The summed E-state index contributed by atoms with van der Waals surface area (Å²) in [6, 6.07) is 5.84. The molecule has 1 heterocycles. The van der Waals surface area contributed by atoms with E-state index in [4.69, 9.17) is 0 Å². The molecule has 2 rings (SSSR count). The van der Waals surface area contributed by atoms with Gasteiger partial charge in [-0.1, -0.05) is 32.3 Å². The van der Waals surface area contributed by atoms with Crippen LogP contribution in [0, 0.1) is 11.3 Å². The molecule has 0 spiro atoms. The quantitative estimate of drug-likeness (QED) is 0.879. The van der Waals surface area contributed by atoms with Gasteiger partial charge in [-0.25, -0.2) is 0 Å². The fraction of sp³-hybridized carbons (Fsp3) is 0.625. The van der Waals surface area contributed by atoms with Crippen molar-refractivity contribution in [3.8, 4) is 0 Å². The number of carbonyl (C=O) groups is 1. The number of aryl methyl sites for hydroxylation is 1. The monoisotopic (exact) mass is 261 g/mol. The third kappa shape index (κ3) is 3.34.